The molecule has 1 aliphatic rings. The number of hydrogen-bond acceptors (Lipinski definition) is 3. The standard InChI is InChI=1S/C38H36N4O.Pt/c1-38(2,3)29-19-20-39-37(23-29)41-21-11-14-28-22-32(27-12-6-5-7-13-27)36(25-35(28)41)43-31-16-10-15-30(24-31)42-26-40(4)33-17-8-9-18-34(33)42;/h5-10,12-13,15-20,22-25H,11,14,21H2,1-4H3;. The quantitative estimate of drug-likeness (QED) is 0.176. The predicted molar refractivity (Wildman–Crippen MR) is 176 cm³/mol. The number of aryl methyl sites for hydroxylation is 2. The van der Waals surface area contributed by atoms with Crippen LogP contribution in [0.2, 0.25) is 0 Å². The first-order valence-electron chi connectivity index (χ1n) is 15.1. The zero-order valence-corrected chi connectivity index (χ0v) is 27.8. The summed E-state index contributed by atoms with van der Waals surface area (Å²) >= 11 is 2.40. The van der Waals surface area contributed by atoms with Crippen LogP contribution in [0.3, 0.4) is 0 Å². The number of anilines is 2. The molecule has 0 atom stereocenters. The second-order valence-corrected chi connectivity index (χ2v) is 13.5. The van der Waals surface area contributed by atoms with Gasteiger partial charge in [-0.15, -0.1) is 0 Å². The van der Waals surface area contributed by atoms with Crippen LogP contribution in [0, 0.1) is 3.80 Å². The summed E-state index contributed by atoms with van der Waals surface area (Å²) in [5.41, 5.74) is 9.47. The molecule has 1 aliphatic heterocycles. The average molecular weight is 760 g/mol. The fourth-order valence-corrected chi connectivity index (χ4v) is 6.97. The van der Waals surface area contributed by atoms with Gasteiger partial charge in [0.1, 0.15) is 0 Å². The van der Waals surface area contributed by atoms with Crippen LogP contribution < -0.4 is 9.64 Å². The van der Waals surface area contributed by atoms with Gasteiger partial charge >= 0.3 is 227 Å². The first-order chi connectivity index (χ1) is 21.3. The summed E-state index contributed by atoms with van der Waals surface area (Å²) < 4.78 is 12.5. The zero-order chi connectivity index (χ0) is 30.4. The third-order valence-electron chi connectivity index (χ3n) is 8.49. The summed E-state index contributed by atoms with van der Waals surface area (Å²) in [4.78, 5) is 7.19. The fourth-order valence-electron chi connectivity index (χ4n) is 6.13. The second-order valence-electron chi connectivity index (χ2n) is 12.5. The molecule has 44 heavy (non-hydrogen) atoms. The molecule has 6 aromatic rings. The number of imidazole rings is 1. The van der Waals surface area contributed by atoms with Crippen molar-refractivity contribution in [2.75, 3.05) is 11.4 Å². The Morgan fingerprint density at radius 1 is 0.818 bits per heavy atom. The summed E-state index contributed by atoms with van der Waals surface area (Å²) in [7, 11) is 2.11. The van der Waals surface area contributed by atoms with Gasteiger partial charge in [-0.05, 0) is 17.0 Å². The van der Waals surface area contributed by atoms with Gasteiger partial charge in [-0.1, -0.05) is 20.8 Å². The molecule has 2 aromatic heterocycles. The van der Waals surface area contributed by atoms with Crippen LogP contribution in [0.25, 0.3) is 27.8 Å². The SMILES string of the molecule is Cn1[c](=[Pt])n(-c2cccc(Oc3cc4c(cc3-c3ccccc3)CCCN4c3cc(C(C)(C)C)ccn3)c2)c2ccccc21. The first-order valence-corrected chi connectivity index (χ1v) is 16.3. The van der Waals surface area contributed by atoms with E-state index in [0.717, 1.165) is 62.8 Å². The number of aromatic nitrogens is 3. The monoisotopic (exact) mass is 759 g/mol. The minimum atomic E-state index is 0.0483. The van der Waals surface area contributed by atoms with E-state index in [0.29, 0.717) is 0 Å². The van der Waals surface area contributed by atoms with Crippen molar-refractivity contribution in [1.29, 1.82) is 0 Å². The number of fused-ring (bicyclic) bond motifs is 2. The van der Waals surface area contributed by atoms with Crippen LogP contribution in [-0.4, -0.2) is 20.7 Å². The topological polar surface area (TPSA) is 35.2 Å². The molecule has 0 aliphatic carbocycles. The Kier molecular flexibility index (Phi) is 7.38. The van der Waals surface area contributed by atoms with Crippen LogP contribution in [-0.2, 0) is 38.2 Å². The van der Waals surface area contributed by atoms with Crippen molar-refractivity contribution in [3.8, 4) is 28.3 Å². The molecular formula is C38H36N4OPt. The van der Waals surface area contributed by atoms with E-state index < -0.39 is 0 Å². The van der Waals surface area contributed by atoms with Crippen LogP contribution >= 0.6 is 0 Å². The molecule has 5 nitrogen and oxygen atoms in total. The minimum absolute atomic E-state index is 0.0483. The maximum atomic E-state index is 6.84. The Balaban J connectivity index is 1.34. The molecule has 0 spiro atoms. The van der Waals surface area contributed by atoms with E-state index in [1.54, 1.807) is 0 Å². The van der Waals surface area contributed by atoms with E-state index >= 15 is 0 Å². The van der Waals surface area contributed by atoms with Gasteiger partial charge < -0.3 is 0 Å². The van der Waals surface area contributed by atoms with Gasteiger partial charge in [0.15, 0.2) is 0 Å². The van der Waals surface area contributed by atoms with Gasteiger partial charge in [-0.25, -0.2) is 0 Å². The van der Waals surface area contributed by atoms with Crippen LogP contribution in [0.5, 0.6) is 11.5 Å². The summed E-state index contributed by atoms with van der Waals surface area (Å²) in [6.45, 7) is 7.67. The van der Waals surface area contributed by atoms with E-state index in [-0.39, 0.29) is 5.41 Å². The molecule has 224 valence electrons. The Morgan fingerprint density at radius 3 is 2.39 bits per heavy atom. The van der Waals surface area contributed by atoms with Crippen LogP contribution in [0.15, 0.2) is 109 Å². The molecule has 0 radical (unpaired) electrons. The Morgan fingerprint density at radius 2 is 1.59 bits per heavy atom. The van der Waals surface area contributed by atoms with Crippen molar-refractivity contribution < 1.29 is 24.1 Å². The normalized spacial score (nSPS) is 13.3. The molecule has 3 heterocycles. The predicted octanol–water partition coefficient (Wildman–Crippen LogP) is 9.28. The van der Waals surface area contributed by atoms with Crippen LogP contribution in [0.4, 0.5) is 11.5 Å². The van der Waals surface area contributed by atoms with Crippen molar-refractivity contribution in [2.24, 2.45) is 7.05 Å². The average Bonchev–Trinajstić information content (AvgIpc) is 3.30. The van der Waals surface area contributed by atoms with E-state index in [4.69, 9.17) is 9.72 Å². The molecular weight excluding hydrogens is 724 g/mol. The molecule has 0 fully saturated rings. The molecule has 0 bridgehead atoms. The molecule has 0 saturated carbocycles. The van der Waals surface area contributed by atoms with Crippen molar-refractivity contribution in [3.63, 3.8) is 0 Å². The Hall–Kier alpha value is -4.21. The maximum absolute atomic E-state index is 6.84. The molecule has 0 N–H and O–H groups in total. The van der Waals surface area contributed by atoms with Crippen molar-refractivity contribution >= 4 is 22.5 Å². The number of rotatable bonds is 5. The number of nitrogens with zero attached hydrogens (tertiary/aromatic N) is 4. The number of hydrogen-bond donors (Lipinski definition) is 0. The van der Waals surface area contributed by atoms with Crippen molar-refractivity contribution in [3.05, 3.63) is 124 Å². The molecule has 0 saturated heterocycles. The summed E-state index contributed by atoms with van der Waals surface area (Å²) in [6, 6.07) is 36.4. The van der Waals surface area contributed by atoms with E-state index in [2.05, 4.69) is 158 Å². The van der Waals surface area contributed by atoms with E-state index in [1.165, 1.54) is 22.3 Å². The third-order valence-corrected chi connectivity index (χ3v) is 9.76. The molecule has 0 amide bonds. The number of para-hydroxylation sites is 2. The summed E-state index contributed by atoms with van der Waals surface area (Å²) in [6.07, 6.45) is 4.04. The summed E-state index contributed by atoms with van der Waals surface area (Å²) in [5, 5.41) is 0. The third kappa shape index (κ3) is 5.24. The van der Waals surface area contributed by atoms with E-state index in [9.17, 15) is 0 Å². The van der Waals surface area contributed by atoms with Crippen molar-refractivity contribution in [1.82, 2.24) is 14.1 Å². The van der Waals surface area contributed by atoms with Gasteiger partial charge in [0.2, 0.25) is 0 Å². The molecule has 0 unspecified atom stereocenters. The van der Waals surface area contributed by atoms with Gasteiger partial charge in [0.05, 0.1) is 0 Å². The van der Waals surface area contributed by atoms with Gasteiger partial charge in [0, 0.05) is 6.20 Å². The van der Waals surface area contributed by atoms with E-state index in [1.807, 2.05) is 12.3 Å². The number of pyridine rings is 1. The van der Waals surface area contributed by atoms with Crippen molar-refractivity contribution in [2.45, 2.75) is 39.0 Å². The molecule has 7 rings (SSSR count). The summed E-state index contributed by atoms with van der Waals surface area (Å²) in [5.74, 6) is 2.62. The zero-order valence-electron chi connectivity index (χ0n) is 25.5. The molecule has 6 heteroatoms. The first kappa shape index (κ1) is 28.6. The Bertz CT molecular complexity index is 2050. The fraction of sp³-hybridized carbons (Fsp3) is 0.211. The second kappa shape index (κ2) is 11.4. The number of ether oxygens (including phenoxy) is 1. The Labute approximate surface area is 269 Å². The number of benzene rings is 4. The van der Waals surface area contributed by atoms with Crippen LogP contribution in [0.1, 0.15) is 38.3 Å². The van der Waals surface area contributed by atoms with Gasteiger partial charge in [-0.2, -0.15) is 0 Å². The molecule has 4 aromatic carbocycles. The van der Waals surface area contributed by atoms with Gasteiger partial charge in [-0.3, -0.25) is 0 Å². The van der Waals surface area contributed by atoms with Gasteiger partial charge in [0.25, 0.3) is 0 Å².